The molecular formula is C18H17ClN2O5. The Bertz CT molecular complexity index is 795. The summed E-state index contributed by atoms with van der Waals surface area (Å²) in [6.45, 7) is -0.850. The Kier molecular flexibility index (Phi) is 6.99. The fraction of sp³-hybridized carbons (Fsp3) is 0.167. The molecule has 0 radical (unpaired) electrons. The van der Waals surface area contributed by atoms with Crippen LogP contribution in [0.15, 0.2) is 48.5 Å². The first-order valence-electron chi connectivity index (χ1n) is 7.62. The fourth-order valence-electron chi connectivity index (χ4n) is 2.01. The van der Waals surface area contributed by atoms with Crippen LogP contribution in [0.1, 0.15) is 10.4 Å². The highest BCUT2D eigenvalue weighted by Gasteiger charge is 2.12. The molecule has 2 rings (SSSR count). The van der Waals surface area contributed by atoms with Gasteiger partial charge in [0.1, 0.15) is 12.3 Å². The monoisotopic (exact) mass is 376 g/mol. The van der Waals surface area contributed by atoms with Gasteiger partial charge in [-0.15, -0.1) is 0 Å². The van der Waals surface area contributed by atoms with Crippen LogP contribution in [-0.4, -0.2) is 38.0 Å². The van der Waals surface area contributed by atoms with Gasteiger partial charge in [-0.3, -0.25) is 14.4 Å². The predicted octanol–water partition coefficient (Wildman–Crippen LogP) is 2.26. The third-order valence-corrected chi connectivity index (χ3v) is 3.46. The smallest absolute Gasteiger partial charge is 0.325 e. The molecule has 7 nitrogen and oxygen atoms in total. The van der Waals surface area contributed by atoms with Crippen molar-refractivity contribution in [1.29, 1.82) is 0 Å². The average Bonchev–Trinajstić information content (AvgIpc) is 2.65. The number of esters is 1. The molecule has 0 unspecified atom stereocenters. The minimum absolute atomic E-state index is 0.346. The largest absolute Gasteiger partial charge is 0.495 e. The zero-order valence-electron chi connectivity index (χ0n) is 14.0. The molecule has 0 aliphatic heterocycles. The van der Waals surface area contributed by atoms with Crippen molar-refractivity contribution in [1.82, 2.24) is 5.32 Å². The molecule has 0 spiro atoms. The van der Waals surface area contributed by atoms with E-state index in [1.54, 1.807) is 42.5 Å². The van der Waals surface area contributed by atoms with Crippen molar-refractivity contribution in [2.75, 3.05) is 25.6 Å². The maximum absolute atomic E-state index is 11.9. The first-order valence-corrected chi connectivity index (χ1v) is 7.99. The van der Waals surface area contributed by atoms with Crippen LogP contribution in [0.3, 0.4) is 0 Å². The van der Waals surface area contributed by atoms with Crippen LogP contribution in [0.25, 0.3) is 0 Å². The van der Waals surface area contributed by atoms with E-state index in [4.69, 9.17) is 21.1 Å². The van der Waals surface area contributed by atoms with Crippen LogP contribution in [0.2, 0.25) is 5.02 Å². The maximum atomic E-state index is 11.9. The van der Waals surface area contributed by atoms with Crippen LogP contribution in [-0.2, 0) is 14.3 Å². The number of rotatable bonds is 7. The van der Waals surface area contributed by atoms with Gasteiger partial charge in [-0.2, -0.15) is 0 Å². The molecule has 0 atom stereocenters. The lowest BCUT2D eigenvalue weighted by Crippen LogP contribution is -2.32. The molecule has 0 fully saturated rings. The normalized spacial score (nSPS) is 9.92. The van der Waals surface area contributed by atoms with Crippen molar-refractivity contribution in [3.63, 3.8) is 0 Å². The van der Waals surface area contributed by atoms with E-state index >= 15 is 0 Å². The lowest BCUT2D eigenvalue weighted by molar-refractivity contribution is -0.146. The second kappa shape index (κ2) is 9.43. The van der Waals surface area contributed by atoms with Gasteiger partial charge < -0.3 is 20.1 Å². The highest BCUT2D eigenvalue weighted by molar-refractivity contribution is 6.31. The minimum atomic E-state index is -0.734. The number of ether oxygens (including phenoxy) is 2. The van der Waals surface area contributed by atoms with Crippen LogP contribution in [0.4, 0.5) is 5.69 Å². The van der Waals surface area contributed by atoms with E-state index in [1.165, 1.54) is 13.2 Å². The number of hydrogen-bond acceptors (Lipinski definition) is 5. The molecule has 2 aromatic rings. The van der Waals surface area contributed by atoms with Crippen molar-refractivity contribution in [3.05, 3.63) is 59.1 Å². The number of carbonyl (C=O) groups is 3. The summed E-state index contributed by atoms with van der Waals surface area (Å²) < 4.78 is 9.93. The van der Waals surface area contributed by atoms with Crippen LogP contribution in [0, 0.1) is 0 Å². The number of anilines is 1. The Hall–Kier alpha value is -3.06. The van der Waals surface area contributed by atoms with E-state index in [-0.39, 0.29) is 6.54 Å². The number of hydrogen-bond donors (Lipinski definition) is 2. The maximum Gasteiger partial charge on any atom is 0.325 e. The summed E-state index contributed by atoms with van der Waals surface area (Å²) in [5.74, 6) is -1.28. The van der Waals surface area contributed by atoms with Crippen LogP contribution >= 0.6 is 11.6 Å². The summed E-state index contributed by atoms with van der Waals surface area (Å²) in [6, 6.07) is 13.2. The lowest BCUT2D eigenvalue weighted by Gasteiger charge is -2.11. The Morgan fingerprint density at radius 3 is 2.50 bits per heavy atom. The van der Waals surface area contributed by atoms with Gasteiger partial charge in [0.25, 0.3) is 11.8 Å². The molecule has 0 heterocycles. The van der Waals surface area contributed by atoms with E-state index in [2.05, 4.69) is 10.6 Å². The Morgan fingerprint density at radius 2 is 1.81 bits per heavy atom. The van der Waals surface area contributed by atoms with Crippen LogP contribution in [0.5, 0.6) is 5.75 Å². The van der Waals surface area contributed by atoms with Crippen molar-refractivity contribution in [2.24, 2.45) is 0 Å². The van der Waals surface area contributed by atoms with Gasteiger partial charge in [-0.1, -0.05) is 29.8 Å². The molecule has 8 heteroatoms. The van der Waals surface area contributed by atoms with Gasteiger partial charge in [0, 0.05) is 10.6 Å². The highest BCUT2D eigenvalue weighted by atomic mass is 35.5. The van der Waals surface area contributed by atoms with Gasteiger partial charge in [-0.25, -0.2) is 0 Å². The first-order chi connectivity index (χ1) is 12.5. The number of benzene rings is 2. The minimum Gasteiger partial charge on any atom is -0.495 e. The summed E-state index contributed by atoms with van der Waals surface area (Å²) in [4.78, 5) is 35.3. The number of amides is 2. The third kappa shape index (κ3) is 5.78. The van der Waals surface area contributed by atoms with Crippen molar-refractivity contribution >= 4 is 35.1 Å². The molecule has 2 aromatic carbocycles. The number of halogens is 1. The summed E-state index contributed by atoms with van der Waals surface area (Å²) >= 11 is 5.87. The second-order valence-electron chi connectivity index (χ2n) is 5.10. The van der Waals surface area contributed by atoms with Crippen LogP contribution < -0.4 is 15.4 Å². The lowest BCUT2D eigenvalue weighted by atomic mass is 10.2. The number of methoxy groups -OCH3 is 1. The molecule has 0 bridgehead atoms. The molecule has 2 N–H and O–H groups in total. The highest BCUT2D eigenvalue weighted by Crippen LogP contribution is 2.27. The molecule has 0 aliphatic rings. The topological polar surface area (TPSA) is 93.7 Å². The summed E-state index contributed by atoms with van der Waals surface area (Å²) in [5.41, 5.74) is 0.782. The Labute approximate surface area is 155 Å². The molecule has 0 aromatic heterocycles. The number of nitrogens with one attached hydrogen (secondary N) is 2. The average molecular weight is 377 g/mol. The SMILES string of the molecule is COc1ccc(Cl)cc1NC(=O)COC(=O)CNC(=O)c1ccccc1. The zero-order chi connectivity index (χ0) is 18.9. The van der Waals surface area contributed by atoms with Gasteiger partial charge in [0.05, 0.1) is 12.8 Å². The van der Waals surface area contributed by atoms with E-state index < -0.39 is 24.4 Å². The van der Waals surface area contributed by atoms with E-state index in [0.29, 0.717) is 22.0 Å². The Morgan fingerprint density at radius 1 is 1.08 bits per heavy atom. The molecule has 0 saturated carbocycles. The molecule has 2 amide bonds. The molecule has 26 heavy (non-hydrogen) atoms. The van der Waals surface area contributed by atoms with E-state index in [9.17, 15) is 14.4 Å². The zero-order valence-corrected chi connectivity index (χ0v) is 14.7. The predicted molar refractivity (Wildman–Crippen MR) is 96.4 cm³/mol. The van der Waals surface area contributed by atoms with Gasteiger partial charge >= 0.3 is 5.97 Å². The Balaban J connectivity index is 1.77. The van der Waals surface area contributed by atoms with Gasteiger partial charge in [0.15, 0.2) is 6.61 Å². The van der Waals surface area contributed by atoms with E-state index in [1.807, 2.05) is 0 Å². The second-order valence-corrected chi connectivity index (χ2v) is 5.54. The standard InChI is InChI=1S/C18H17ClN2O5/c1-25-15-8-7-13(19)9-14(15)21-16(22)11-26-17(23)10-20-18(24)12-5-3-2-4-6-12/h2-9H,10-11H2,1H3,(H,20,24)(H,21,22). The van der Waals surface area contributed by atoms with E-state index in [0.717, 1.165) is 0 Å². The fourth-order valence-corrected chi connectivity index (χ4v) is 2.18. The molecule has 136 valence electrons. The van der Waals surface area contributed by atoms with Gasteiger partial charge in [-0.05, 0) is 30.3 Å². The van der Waals surface area contributed by atoms with Gasteiger partial charge in [0.2, 0.25) is 0 Å². The molecule has 0 aliphatic carbocycles. The first kappa shape index (κ1) is 19.3. The quantitative estimate of drug-likeness (QED) is 0.723. The summed E-state index contributed by atoms with van der Waals surface area (Å²) in [5, 5.41) is 5.37. The van der Waals surface area contributed by atoms with Crippen molar-refractivity contribution in [2.45, 2.75) is 0 Å². The molecule has 0 saturated heterocycles. The molecular weight excluding hydrogens is 360 g/mol. The summed E-state index contributed by atoms with van der Waals surface area (Å²) in [6.07, 6.45) is 0. The number of carbonyl (C=O) groups excluding carboxylic acids is 3. The van der Waals surface area contributed by atoms with Crippen molar-refractivity contribution in [3.8, 4) is 5.75 Å². The third-order valence-electron chi connectivity index (χ3n) is 3.23. The summed E-state index contributed by atoms with van der Waals surface area (Å²) in [7, 11) is 1.45. The van der Waals surface area contributed by atoms with Crippen molar-refractivity contribution < 1.29 is 23.9 Å².